The number of benzene rings is 2. The summed E-state index contributed by atoms with van der Waals surface area (Å²) in [4.78, 5) is 11.9. The smallest absolute Gasteiger partial charge is 0.228 e. The lowest BCUT2D eigenvalue weighted by molar-refractivity contribution is -0.115. The number of nitrogens with zero attached hydrogens (tertiary/aromatic N) is 1. The molecule has 1 amide bonds. The monoisotopic (exact) mass is 306 g/mol. The van der Waals surface area contributed by atoms with Crippen molar-refractivity contribution in [2.45, 2.75) is 6.42 Å². The van der Waals surface area contributed by atoms with Gasteiger partial charge in [-0.1, -0.05) is 17.7 Å². The molecule has 1 N–H and O–H groups in total. The van der Waals surface area contributed by atoms with Gasteiger partial charge in [-0.25, -0.2) is 8.78 Å². The number of rotatable bonds is 3. The minimum atomic E-state index is -0.673. The largest absolute Gasteiger partial charge is 0.326 e. The molecule has 0 bridgehead atoms. The summed E-state index contributed by atoms with van der Waals surface area (Å²) in [7, 11) is 0. The predicted molar refractivity (Wildman–Crippen MR) is 74.9 cm³/mol. The van der Waals surface area contributed by atoms with E-state index in [2.05, 4.69) is 5.32 Å². The quantitative estimate of drug-likeness (QED) is 0.940. The van der Waals surface area contributed by atoms with Crippen molar-refractivity contribution in [2.24, 2.45) is 0 Å². The number of hydrogen-bond acceptors (Lipinski definition) is 2. The highest BCUT2D eigenvalue weighted by molar-refractivity contribution is 6.31. The minimum absolute atomic E-state index is 0.0827. The van der Waals surface area contributed by atoms with E-state index >= 15 is 0 Å². The van der Waals surface area contributed by atoms with Crippen LogP contribution in [0.1, 0.15) is 11.1 Å². The van der Waals surface area contributed by atoms with Gasteiger partial charge >= 0.3 is 0 Å². The Kier molecular flexibility index (Phi) is 4.51. The molecule has 0 heterocycles. The Hall–Kier alpha value is -2.45. The highest BCUT2D eigenvalue weighted by Gasteiger charge is 2.12. The first-order chi connectivity index (χ1) is 10.0. The van der Waals surface area contributed by atoms with Gasteiger partial charge in [0.1, 0.15) is 17.7 Å². The number of anilines is 1. The van der Waals surface area contributed by atoms with Gasteiger partial charge in [0.25, 0.3) is 0 Å². The fraction of sp³-hybridized carbons (Fsp3) is 0.0667. The summed E-state index contributed by atoms with van der Waals surface area (Å²) in [6.45, 7) is 0. The molecule has 106 valence electrons. The Bertz CT molecular complexity index is 721. The Labute approximate surface area is 124 Å². The maximum atomic E-state index is 13.6. The van der Waals surface area contributed by atoms with Crippen LogP contribution in [0.2, 0.25) is 5.02 Å². The van der Waals surface area contributed by atoms with Crippen LogP contribution in [-0.4, -0.2) is 5.91 Å². The topological polar surface area (TPSA) is 52.9 Å². The zero-order chi connectivity index (χ0) is 15.4. The molecule has 0 fully saturated rings. The number of halogens is 3. The minimum Gasteiger partial charge on any atom is -0.326 e. The summed E-state index contributed by atoms with van der Waals surface area (Å²) in [6, 6.07) is 9.40. The molecule has 2 aromatic carbocycles. The van der Waals surface area contributed by atoms with Crippen LogP contribution in [-0.2, 0) is 11.2 Å². The molecule has 0 aromatic heterocycles. The first kappa shape index (κ1) is 14.9. The summed E-state index contributed by atoms with van der Waals surface area (Å²) in [5.74, 6) is -1.76. The van der Waals surface area contributed by atoms with Crippen LogP contribution in [0, 0.1) is 23.0 Å². The number of amides is 1. The van der Waals surface area contributed by atoms with E-state index in [1.165, 1.54) is 30.3 Å². The van der Waals surface area contributed by atoms with Gasteiger partial charge in [0.15, 0.2) is 0 Å². The summed E-state index contributed by atoms with van der Waals surface area (Å²) >= 11 is 5.83. The molecule has 0 aliphatic carbocycles. The molecule has 3 nitrogen and oxygen atoms in total. The average molecular weight is 307 g/mol. The second-order valence-electron chi connectivity index (χ2n) is 4.23. The van der Waals surface area contributed by atoms with Crippen LogP contribution in [0.3, 0.4) is 0 Å². The molecule has 0 unspecified atom stereocenters. The fourth-order valence-corrected chi connectivity index (χ4v) is 1.99. The third-order valence-electron chi connectivity index (χ3n) is 2.77. The molecule has 0 spiro atoms. The van der Waals surface area contributed by atoms with Crippen LogP contribution in [0.25, 0.3) is 0 Å². The van der Waals surface area contributed by atoms with Crippen LogP contribution in [0.5, 0.6) is 0 Å². The Morgan fingerprint density at radius 3 is 2.67 bits per heavy atom. The molecule has 0 saturated heterocycles. The standard InChI is InChI=1S/C15H9ClF2N2O/c16-12-2-1-3-14(18)11(12)7-15(21)20-10-4-5-13(17)9(6-10)8-19/h1-6H,7H2,(H,20,21). The fourth-order valence-electron chi connectivity index (χ4n) is 1.76. The van der Waals surface area contributed by atoms with Crippen molar-refractivity contribution < 1.29 is 13.6 Å². The lowest BCUT2D eigenvalue weighted by Crippen LogP contribution is -2.15. The molecular weight excluding hydrogens is 298 g/mol. The maximum Gasteiger partial charge on any atom is 0.228 e. The van der Waals surface area contributed by atoms with Gasteiger partial charge < -0.3 is 5.32 Å². The molecule has 0 aliphatic rings. The van der Waals surface area contributed by atoms with E-state index in [1.807, 2.05) is 0 Å². The summed E-state index contributed by atoms with van der Waals surface area (Å²) in [5, 5.41) is 11.3. The Morgan fingerprint density at radius 1 is 1.24 bits per heavy atom. The number of nitrogens with one attached hydrogen (secondary N) is 1. The van der Waals surface area contributed by atoms with Gasteiger partial charge in [0, 0.05) is 16.3 Å². The normalized spacial score (nSPS) is 10.0. The van der Waals surface area contributed by atoms with Crippen LogP contribution in [0.4, 0.5) is 14.5 Å². The van der Waals surface area contributed by atoms with Crippen molar-refractivity contribution in [1.82, 2.24) is 0 Å². The van der Waals surface area contributed by atoms with Gasteiger partial charge in [0.05, 0.1) is 12.0 Å². The van der Waals surface area contributed by atoms with Crippen molar-refractivity contribution in [3.63, 3.8) is 0 Å². The number of nitriles is 1. The summed E-state index contributed by atoms with van der Waals surface area (Å²) < 4.78 is 26.7. The van der Waals surface area contributed by atoms with Crippen molar-refractivity contribution >= 4 is 23.2 Å². The van der Waals surface area contributed by atoms with Crippen molar-refractivity contribution in [3.05, 3.63) is 64.2 Å². The van der Waals surface area contributed by atoms with Gasteiger partial charge in [-0.15, -0.1) is 0 Å². The third-order valence-corrected chi connectivity index (χ3v) is 3.12. The lowest BCUT2D eigenvalue weighted by Gasteiger charge is -2.08. The molecule has 0 radical (unpaired) electrons. The number of carbonyl (C=O) groups excluding carboxylic acids is 1. The van der Waals surface area contributed by atoms with Crippen LogP contribution >= 0.6 is 11.6 Å². The Balaban J connectivity index is 2.14. The summed E-state index contributed by atoms with van der Waals surface area (Å²) in [5.41, 5.74) is 0.154. The van der Waals surface area contributed by atoms with Gasteiger partial charge in [-0.2, -0.15) is 5.26 Å². The molecule has 0 atom stereocenters. The first-order valence-corrected chi connectivity index (χ1v) is 6.31. The predicted octanol–water partition coefficient (Wildman–Crippen LogP) is 3.67. The second-order valence-corrected chi connectivity index (χ2v) is 4.64. The maximum absolute atomic E-state index is 13.6. The van der Waals surface area contributed by atoms with Crippen LogP contribution < -0.4 is 5.32 Å². The van der Waals surface area contributed by atoms with E-state index in [0.29, 0.717) is 0 Å². The second kappa shape index (κ2) is 6.33. The molecular formula is C15H9ClF2N2O. The van der Waals surface area contributed by atoms with Crippen molar-refractivity contribution in [3.8, 4) is 6.07 Å². The van der Waals surface area contributed by atoms with E-state index in [-0.39, 0.29) is 28.3 Å². The van der Waals surface area contributed by atoms with Gasteiger partial charge in [0.2, 0.25) is 5.91 Å². The highest BCUT2D eigenvalue weighted by Crippen LogP contribution is 2.20. The van der Waals surface area contributed by atoms with E-state index < -0.39 is 17.5 Å². The molecule has 0 aliphatic heterocycles. The number of hydrogen-bond donors (Lipinski definition) is 1. The van der Waals surface area contributed by atoms with E-state index in [4.69, 9.17) is 16.9 Å². The van der Waals surface area contributed by atoms with Crippen molar-refractivity contribution in [2.75, 3.05) is 5.32 Å². The zero-order valence-corrected chi connectivity index (χ0v) is 11.4. The first-order valence-electron chi connectivity index (χ1n) is 5.93. The van der Waals surface area contributed by atoms with E-state index in [1.54, 1.807) is 6.07 Å². The van der Waals surface area contributed by atoms with Crippen LogP contribution in [0.15, 0.2) is 36.4 Å². The molecule has 2 rings (SSSR count). The molecule has 6 heteroatoms. The lowest BCUT2D eigenvalue weighted by atomic mass is 10.1. The third kappa shape index (κ3) is 3.56. The SMILES string of the molecule is N#Cc1cc(NC(=O)Cc2c(F)cccc2Cl)ccc1F. The Morgan fingerprint density at radius 2 is 2.00 bits per heavy atom. The number of carbonyl (C=O) groups is 1. The highest BCUT2D eigenvalue weighted by atomic mass is 35.5. The van der Waals surface area contributed by atoms with Gasteiger partial charge in [-0.05, 0) is 30.3 Å². The van der Waals surface area contributed by atoms with Crippen molar-refractivity contribution in [1.29, 1.82) is 5.26 Å². The zero-order valence-electron chi connectivity index (χ0n) is 10.7. The van der Waals surface area contributed by atoms with Gasteiger partial charge in [-0.3, -0.25) is 4.79 Å². The molecule has 2 aromatic rings. The summed E-state index contributed by atoms with van der Waals surface area (Å²) in [6.07, 6.45) is -0.259. The van der Waals surface area contributed by atoms with E-state index in [9.17, 15) is 13.6 Å². The average Bonchev–Trinajstić information content (AvgIpc) is 2.45. The molecule has 0 saturated carbocycles. The molecule has 21 heavy (non-hydrogen) atoms. The van der Waals surface area contributed by atoms with E-state index in [0.717, 1.165) is 6.07 Å².